The molecule has 1 atom stereocenters. The van der Waals surface area contributed by atoms with Crippen molar-refractivity contribution in [2.45, 2.75) is 25.4 Å². The minimum atomic E-state index is -0.465. The fourth-order valence-electron chi connectivity index (χ4n) is 2.86. The molecule has 2 aromatic carbocycles. The van der Waals surface area contributed by atoms with Crippen LogP contribution in [0.4, 0.5) is 0 Å². The average Bonchev–Trinajstić information content (AvgIpc) is 3.10. The van der Waals surface area contributed by atoms with E-state index < -0.39 is 5.60 Å². The standard InChI is InChI=1S/C19H20O2S/c1-2-19(12-13-20,18-11-6-14-22-18)21-17-10-5-8-15-7-3-4-9-16(15)17/h3-11,14,20H,2,12-13H2,1H3/t19-/m0/s1. The van der Waals surface area contributed by atoms with Gasteiger partial charge in [0.2, 0.25) is 0 Å². The Morgan fingerprint density at radius 3 is 2.59 bits per heavy atom. The molecule has 22 heavy (non-hydrogen) atoms. The van der Waals surface area contributed by atoms with Crippen molar-refractivity contribution < 1.29 is 9.84 Å². The fourth-order valence-corrected chi connectivity index (χ4v) is 3.83. The number of ether oxygens (including phenoxy) is 1. The fraction of sp³-hybridized carbons (Fsp3) is 0.263. The average molecular weight is 312 g/mol. The molecule has 0 spiro atoms. The molecule has 1 heterocycles. The highest BCUT2D eigenvalue weighted by Gasteiger charge is 2.33. The van der Waals surface area contributed by atoms with Crippen molar-refractivity contribution in [1.82, 2.24) is 0 Å². The molecule has 0 radical (unpaired) electrons. The Kier molecular flexibility index (Phi) is 4.46. The highest BCUT2D eigenvalue weighted by Crippen LogP contribution is 2.39. The van der Waals surface area contributed by atoms with Crippen LogP contribution < -0.4 is 4.74 Å². The third-order valence-corrected chi connectivity index (χ3v) is 5.17. The van der Waals surface area contributed by atoms with Gasteiger partial charge in [-0.25, -0.2) is 0 Å². The Morgan fingerprint density at radius 2 is 1.86 bits per heavy atom. The second-order valence-electron chi connectivity index (χ2n) is 5.38. The van der Waals surface area contributed by atoms with E-state index in [0.29, 0.717) is 6.42 Å². The van der Waals surface area contributed by atoms with E-state index in [1.54, 1.807) is 11.3 Å². The Bertz CT molecular complexity index is 731. The van der Waals surface area contributed by atoms with Crippen molar-refractivity contribution in [2.24, 2.45) is 0 Å². The SMILES string of the molecule is CC[C@@](CCO)(Oc1cccc2ccccc12)c1cccs1. The van der Waals surface area contributed by atoms with E-state index in [0.717, 1.165) is 22.4 Å². The maximum atomic E-state index is 9.55. The molecule has 0 amide bonds. The van der Waals surface area contributed by atoms with Crippen LogP contribution in [-0.2, 0) is 5.60 Å². The molecular weight excluding hydrogens is 292 g/mol. The Hall–Kier alpha value is -1.84. The van der Waals surface area contributed by atoms with Gasteiger partial charge in [0.15, 0.2) is 0 Å². The lowest BCUT2D eigenvalue weighted by molar-refractivity contribution is 0.0387. The first-order valence-electron chi connectivity index (χ1n) is 7.61. The Morgan fingerprint density at radius 1 is 1.05 bits per heavy atom. The first-order chi connectivity index (χ1) is 10.8. The molecule has 0 aliphatic heterocycles. The lowest BCUT2D eigenvalue weighted by Crippen LogP contribution is -2.32. The van der Waals surface area contributed by atoms with Gasteiger partial charge >= 0.3 is 0 Å². The van der Waals surface area contributed by atoms with Gasteiger partial charge in [-0.1, -0.05) is 49.4 Å². The molecule has 0 fully saturated rings. The van der Waals surface area contributed by atoms with Crippen LogP contribution in [0, 0.1) is 0 Å². The summed E-state index contributed by atoms with van der Waals surface area (Å²) in [6.45, 7) is 2.22. The van der Waals surface area contributed by atoms with Gasteiger partial charge < -0.3 is 9.84 Å². The van der Waals surface area contributed by atoms with Crippen molar-refractivity contribution >= 4 is 22.1 Å². The zero-order chi connectivity index (χ0) is 15.4. The minimum absolute atomic E-state index is 0.108. The van der Waals surface area contributed by atoms with Crippen LogP contribution in [0.5, 0.6) is 5.75 Å². The summed E-state index contributed by atoms with van der Waals surface area (Å²) >= 11 is 1.68. The Balaban J connectivity index is 2.06. The number of benzene rings is 2. The minimum Gasteiger partial charge on any atom is -0.481 e. The van der Waals surface area contributed by atoms with E-state index in [1.807, 2.05) is 30.3 Å². The molecule has 114 valence electrons. The maximum Gasteiger partial charge on any atom is 0.145 e. The largest absolute Gasteiger partial charge is 0.481 e. The van der Waals surface area contributed by atoms with Gasteiger partial charge in [-0.15, -0.1) is 11.3 Å². The van der Waals surface area contributed by atoms with Gasteiger partial charge in [0, 0.05) is 23.3 Å². The lowest BCUT2D eigenvalue weighted by atomic mass is 9.94. The molecule has 3 rings (SSSR count). The van der Waals surface area contributed by atoms with Gasteiger partial charge in [0.05, 0.1) is 0 Å². The predicted molar refractivity (Wildman–Crippen MR) is 92.6 cm³/mol. The molecule has 1 N–H and O–H groups in total. The molecule has 1 aromatic heterocycles. The normalized spacial score (nSPS) is 13.9. The summed E-state index contributed by atoms with van der Waals surface area (Å²) in [4.78, 5) is 1.16. The van der Waals surface area contributed by atoms with Crippen molar-refractivity contribution in [3.63, 3.8) is 0 Å². The second kappa shape index (κ2) is 6.51. The summed E-state index contributed by atoms with van der Waals surface area (Å²) in [6.07, 6.45) is 1.41. The highest BCUT2D eigenvalue weighted by atomic mass is 32.1. The topological polar surface area (TPSA) is 29.5 Å². The third kappa shape index (κ3) is 2.74. The molecule has 0 saturated heterocycles. The summed E-state index contributed by atoms with van der Waals surface area (Å²) in [5, 5.41) is 13.9. The number of aliphatic hydroxyl groups is 1. The van der Waals surface area contributed by atoms with E-state index in [1.165, 1.54) is 5.39 Å². The smallest absolute Gasteiger partial charge is 0.145 e. The molecule has 3 heteroatoms. The summed E-state index contributed by atoms with van der Waals surface area (Å²) in [5.74, 6) is 0.877. The number of fused-ring (bicyclic) bond motifs is 1. The summed E-state index contributed by atoms with van der Waals surface area (Å²) < 4.78 is 6.50. The zero-order valence-electron chi connectivity index (χ0n) is 12.7. The number of thiophene rings is 1. The van der Waals surface area contributed by atoms with Crippen LogP contribution in [0.3, 0.4) is 0 Å². The molecule has 0 aliphatic rings. The van der Waals surface area contributed by atoms with Crippen molar-refractivity contribution in [3.05, 3.63) is 64.9 Å². The highest BCUT2D eigenvalue weighted by molar-refractivity contribution is 7.10. The van der Waals surface area contributed by atoms with Crippen molar-refractivity contribution in [2.75, 3.05) is 6.61 Å². The van der Waals surface area contributed by atoms with E-state index in [2.05, 4.69) is 36.6 Å². The summed E-state index contributed by atoms with van der Waals surface area (Å²) in [7, 11) is 0. The Labute approximate surface area is 135 Å². The van der Waals surface area contributed by atoms with Crippen LogP contribution in [0.2, 0.25) is 0 Å². The molecule has 0 unspecified atom stereocenters. The molecule has 3 aromatic rings. The molecular formula is C19H20O2S. The van der Waals surface area contributed by atoms with Crippen LogP contribution >= 0.6 is 11.3 Å². The number of rotatable bonds is 6. The van der Waals surface area contributed by atoms with Crippen LogP contribution in [0.25, 0.3) is 10.8 Å². The van der Waals surface area contributed by atoms with Gasteiger partial charge in [0.1, 0.15) is 11.4 Å². The second-order valence-corrected chi connectivity index (χ2v) is 6.33. The lowest BCUT2D eigenvalue weighted by Gasteiger charge is -2.33. The molecule has 0 saturated carbocycles. The quantitative estimate of drug-likeness (QED) is 0.696. The van der Waals surface area contributed by atoms with E-state index in [-0.39, 0.29) is 6.61 Å². The number of aliphatic hydroxyl groups excluding tert-OH is 1. The van der Waals surface area contributed by atoms with Crippen molar-refractivity contribution in [3.8, 4) is 5.75 Å². The number of hydrogen-bond acceptors (Lipinski definition) is 3. The summed E-state index contributed by atoms with van der Waals surface area (Å²) in [6, 6.07) is 18.5. The van der Waals surface area contributed by atoms with E-state index >= 15 is 0 Å². The van der Waals surface area contributed by atoms with Crippen LogP contribution in [0.15, 0.2) is 60.0 Å². The van der Waals surface area contributed by atoms with Gasteiger partial charge in [0.25, 0.3) is 0 Å². The monoisotopic (exact) mass is 312 g/mol. The molecule has 0 bridgehead atoms. The van der Waals surface area contributed by atoms with Crippen LogP contribution in [-0.4, -0.2) is 11.7 Å². The predicted octanol–water partition coefficient (Wildman–Crippen LogP) is 4.97. The van der Waals surface area contributed by atoms with Gasteiger partial charge in [-0.3, -0.25) is 0 Å². The molecule has 0 aliphatic carbocycles. The zero-order valence-corrected chi connectivity index (χ0v) is 13.5. The number of hydrogen-bond donors (Lipinski definition) is 1. The first kappa shape index (κ1) is 15.1. The van der Waals surface area contributed by atoms with E-state index in [9.17, 15) is 5.11 Å². The first-order valence-corrected chi connectivity index (χ1v) is 8.48. The maximum absolute atomic E-state index is 9.55. The van der Waals surface area contributed by atoms with Crippen LogP contribution in [0.1, 0.15) is 24.6 Å². The van der Waals surface area contributed by atoms with Crippen molar-refractivity contribution in [1.29, 1.82) is 0 Å². The van der Waals surface area contributed by atoms with E-state index in [4.69, 9.17) is 4.74 Å². The van der Waals surface area contributed by atoms with Gasteiger partial charge in [-0.2, -0.15) is 0 Å². The third-order valence-electron chi connectivity index (χ3n) is 4.11. The molecule has 2 nitrogen and oxygen atoms in total. The van der Waals surface area contributed by atoms with Gasteiger partial charge in [-0.05, 0) is 29.3 Å². The summed E-state index contributed by atoms with van der Waals surface area (Å²) in [5.41, 5.74) is -0.465.